The minimum absolute atomic E-state index is 0. The van der Waals surface area contributed by atoms with Gasteiger partial charge in [0.2, 0.25) is 0 Å². The van der Waals surface area contributed by atoms with E-state index >= 15 is 0 Å². The first-order valence-electron chi connectivity index (χ1n) is 12.5. The molecule has 0 heterocycles. The van der Waals surface area contributed by atoms with Crippen LogP contribution in [0.5, 0.6) is 0 Å². The normalized spacial score (nSPS) is 13.7. The van der Waals surface area contributed by atoms with Gasteiger partial charge in [-0.25, -0.2) is 8.42 Å². The first-order chi connectivity index (χ1) is 13.9. The molecule has 0 fully saturated rings. The number of unbranched alkanes of at least 4 members (excludes halogenated alkanes) is 15. The second kappa shape index (κ2) is 23.0. The van der Waals surface area contributed by atoms with Crippen LogP contribution in [-0.4, -0.2) is 29.4 Å². The molecule has 0 aromatic heterocycles. The Morgan fingerprint density at radius 1 is 0.633 bits per heavy atom. The van der Waals surface area contributed by atoms with Gasteiger partial charge in [0.15, 0.2) is 0 Å². The van der Waals surface area contributed by atoms with Crippen LogP contribution in [0.25, 0.3) is 0 Å². The molecular weight excluding hydrogens is 407 g/mol. The molecule has 1 N–H and O–H groups in total. The van der Waals surface area contributed by atoms with Crippen LogP contribution in [0.4, 0.5) is 0 Å². The van der Waals surface area contributed by atoms with E-state index in [0.29, 0.717) is 12.8 Å². The minimum Gasteiger partial charge on any atom is -0.748 e. The molecule has 0 bridgehead atoms. The standard InChI is InChI=1S/C24H50O4S.Na/c1-3-4-5-6-7-8-9-12-15-18-21-24(29(26,27)28)22-19-16-13-10-11-14-17-20-23(2)25;/h23-25H,3-22H2,1-2H3,(H,26,27,28);/q;+1/p-1. The first kappa shape index (κ1) is 33.0. The predicted molar refractivity (Wildman–Crippen MR) is 123 cm³/mol. The van der Waals surface area contributed by atoms with Crippen molar-refractivity contribution in [3.05, 3.63) is 0 Å². The van der Waals surface area contributed by atoms with Crippen molar-refractivity contribution in [2.45, 2.75) is 154 Å². The first-order valence-corrected chi connectivity index (χ1v) is 14.0. The van der Waals surface area contributed by atoms with Gasteiger partial charge >= 0.3 is 29.6 Å². The van der Waals surface area contributed by atoms with Crippen LogP contribution in [0.2, 0.25) is 0 Å². The Morgan fingerprint density at radius 3 is 1.23 bits per heavy atom. The summed E-state index contributed by atoms with van der Waals surface area (Å²) in [6, 6.07) is 0. The van der Waals surface area contributed by atoms with Gasteiger partial charge in [0, 0.05) is 5.25 Å². The van der Waals surface area contributed by atoms with Crippen molar-refractivity contribution in [3.8, 4) is 0 Å². The van der Waals surface area contributed by atoms with E-state index in [4.69, 9.17) is 0 Å². The summed E-state index contributed by atoms with van der Waals surface area (Å²) < 4.78 is 34.6. The summed E-state index contributed by atoms with van der Waals surface area (Å²) in [6.45, 7) is 4.06. The maximum atomic E-state index is 11.5. The Kier molecular flexibility index (Phi) is 25.4. The quantitative estimate of drug-likeness (QED) is 0.151. The second-order valence-corrected chi connectivity index (χ2v) is 10.6. The fraction of sp³-hybridized carbons (Fsp3) is 1.00. The van der Waals surface area contributed by atoms with E-state index in [1.807, 2.05) is 6.92 Å². The van der Waals surface area contributed by atoms with Crippen LogP contribution in [0.15, 0.2) is 0 Å². The summed E-state index contributed by atoms with van der Waals surface area (Å²) in [5.41, 5.74) is 0. The largest absolute Gasteiger partial charge is 1.00 e. The molecule has 0 aliphatic heterocycles. The van der Waals surface area contributed by atoms with Crippen LogP contribution in [0.3, 0.4) is 0 Å². The van der Waals surface area contributed by atoms with Crippen LogP contribution in [0.1, 0.15) is 142 Å². The SMILES string of the molecule is CCCCCCCCCCCCC(CCCCCCCCCC(C)O)S(=O)(=O)[O-].[Na+]. The van der Waals surface area contributed by atoms with E-state index in [-0.39, 0.29) is 35.7 Å². The van der Waals surface area contributed by atoms with Gasteiger partial charge in [0.05, 0.1) is 16.2 Å². The Balaban J connectivity index is 0. The van der Waals surface area contributed by atoms with Gasteiger partial charge in [-0.15, -0.1) is 0 Å². The van der Waals surface area contributed by atoms with E-state index in [2.05, 4.69) is 6.92 Å². The molecule has 0 radical (unpaired) electrons. The Bertz CT molecular complexity index is 440. The van der Waals surface area contributed by atoms with Crippen molar-refractivity contribution in [2.24, 2.45) is 0 Å². The molecule has 0 spiro atoms. The number of rotatable bonds is 22. The van der Waals surface area contributed by atoms with Crippen LogP contribution < -0.4 is 29.6 Å². The topological polar surface area (TPSA) is 77.4 Å². The predicted octanol–water partition coefficient (Wildman–Crippen LogP) is 4.11. The molecule has 0 amide bonds. The Hall–Kier alpha value is 0.870. The molecule has 0 aromatic rings. The molecule has 30 heavy (non-hydrogen) atoms. The second-order valence-electron chi connectivity index (χ2n) is 8.99. The Morgan fingerprint density at radius 2 is 0.933 bits per heavy atom. The van der Waals surface area contributed by atoms with Crippen molar-refractivity contribution in [1.29, 1.82) is 0 Å². The third-order valence-corrected chi connectivity index (χ3v) is 7.22. The monoisotopic (exact) mass is 456 g/mol. The summed E-state index contributed by atoms with van der Waals surface area (Å²) in [6.07, 6.45) is 21.5. The van der Waals surface area contributed by atoms with Crippen molar-refractivity contribution >= 4 is 10.1 Å². The summed E-state index contributed by atoms with van der Waals surface area (Å²) in [5, 5.41) is 8.54. The third-order valence-electron chi connectivity index (χ3n) is 5.94. The van der Waals surface area contributed by atoms with Crippen LogP contribution >= 0.6 is 0 Å². The molecule has 2 unspecified atom stereocenters. The fourth-order valence-corrected chi connectivity index (χ4v) is 4.90. The van der Waals surface area contributed by atoms with Crippen molar-refractivity contribution in [3.63, 3.8) is 0 Å². The molecule has 0 rings (SSSR count). The average Bonchev–Trinajstić information content (AvgIpc) is 2.65. The van der Waals surface area contributed by atoms with Gasteiger partial charge in [-0.2, -0.15) is 0 Å². The summed E-state index contributed by atoms with van der Waals surface area (Å²) in [7, 11) is -4.16. The van der Waals surface area contributed by atoms with E-state index in [9.17, 15) is 18.1 Å². The van der Waals surface area contributed by atoms with Gasteiger partial charge in [0.1, 0.15) is 0 Å². The molecule has 2 atom stereocenters. The Labute approximate surface area is 210 Å². The molecule has 0 aromatic carbocycles. The van der Waals surface area contributed by atoms with Crippen molar-refractivity contribution in [2.75, 3.05) is 0 Å². The van der Waals surface area contributed by atoms with Gasteiger partial charge in [-0.05, 0) is 26.2 Å². The van der Waals surface area contributed by atoms with Crippen molar-refractivity contribution in [1.82, 2.24) is 0 Å². The van der Waals surface area contributed by atoms with E-state index < -0.39 is 15.4 Å². The van der Waals surface area contributed by atoms with Crippen LogP contribution in [-0.2, 0) is 10.1 Å². The summed E-state index contributed by atoms with van der Waals surface area (Å²) >= 11 is 0. The maximum absolute atomic E-state index is 11.5. The fourth-order valence-electron chi connectivity index (χ4n) is 3.99. The van der Waals surface area contributed by atoms with E-state index in [1.165, 1.54) is 51.4 Å². The van der Waals surface area contributed by atoms with E-state index in [1.54, 1.807) is 0 Å². The van der Waals surface area contributed by atoms with E-state index in [0.717, 1.165) is 64.2 Å². The van der Waals surface area contributed by atoms with Gasteiger partial charge < -0.3 is 9.66 Å². The summed E-state index contributed by atoms with van der Waals surface area (Å²) in [4.78, 5) is 0. The molecule has 176 valence electrons. The molecule has 0 aliphatic rings. The van der Waals surface area contributed by atoms with Crippen molar-refractivity contribution < 1.29 is 47.6 Å². The zero-order chi connectivity index (χ0) is 21.8. The number of hydrogen-bond donors (Lipinski definition) is 1. The minimum atomic E-state index is -4.16. The summed E-state index contributed by atoms with van der Waals surface area (Å²) in [5.74, 6) is 0. The van der Waals surface area contributed by atoms with Crippen LogP contribution in [0, 0.1) is 0 Å². The average molecular weight is 457 g/mol. The molecule has 0 saturated carbocycles. The van der Waals surface area contributed by atoms with Gasteiger partial charge in [0.25, 0.3) is 0 Å². The number of aliphatic hydroxyl groups is 1. The maximum Gasteiger partial charge on any atom is 1.00 e. The molecular formula is C24H49NaO4S. The molecule has 4 nitrogen and oxygen atoms in total. The molecule has 0 saturated heterocycles. The number of hydrogen-bond acceptors (Lipinski definition) is 4. The van der Waals surface area contributed by atoms with Gasteiger partial charge in [-0.3, -0.25) is 0 Å². The number of aliphatic hydroxyl groups excluding tert-OH is 1. The molecule has 6 heteroatoms. The smallest absolute Gasteiger partial charge is 0.748 e. The van der Waals surface area contributed by atoms with Gasteiger partial charge in [-0.1, -0.05) is 116 Å². The zero-order valence-electron chi connectivity index (χ0n) is 20.4. The molecule has 0 aliphatic carbocycles. The zero-order valence-corrected chi connectivity index (χ0v) is 23.2. The third kappa shape index (κ3) is 23.5.